The number of nitrogens with zero attached hydrogens (tertiary/aromatic N) is 3. The fraction of sp³-hybridized carbons (Fsp3) is 0.353. The van der Waals surface area contributed by atoms with Gasteiger partial charge >= 0.3 is 0 Å². The van der Waals surface area contributed by atoms with Gasteiger partial charge in [-0.3, -0.25) is 4.79 Å². The Kier molecular flexibility index (Phi) is 4.35. The molecule has 0 radical (unpaired) electrons. The number of fused-ring (bicyclic) bond motifs is 1. The lowest BCUT2D eigenvalue weighted by Crippen LogP contribution is -2.40. The maximum Gasteiger partial charge on any atom is 0.229 e. The maximum absolute atomic E-state index is 12.0. The highest BCUT2D eigenvalue weighted by molar-refractivity contribution is 5.82. The van der Waals surface area contributed by atoms with E-state index in [1.54, 1.807) is 4.68 Å². The number of anilines is 1. The van der Waals surface area contributed by atoms with Crippen molar-refractivity contribution in [2.45, 2.75) is 25.8 Å². The number of nitrogens with two attached hydrogens (primary N) is 1. The summed E-state index contributed by atoms with van der Waals surface area (Å²) in [7, 11) is 0. The molecule has 0 saturated carbocycles. The Morgan fingerprint density at radius 2 is 2.29 bits per heavy atom. The van der Waals surface area contributed by atoms with Crippen LogP contribution in [0, 0.1) is 12.8 Å². The smallest absolute Gasteiger partial charge is 0.229 e. The lowest BCUT2D eigenvalue weighted by molar-refractivity contribution is -0.121. The Labute approximate surface area is 140 Å². The molecule has 0 saturated heterocycles. The molecule has 1 aromatic carbocycles. The highest BCUT2D eigenvalue weighted by atomic mass is 16.3. The van der Waals surface area contributed by atoms with Crippen LogP contribution in [0.3, 0.4) is 0 Å². The second kappa shape index (κ2) is 6.45. The SMILES string of the molecule is C=C1Nc2nc(CCCO)nn2[C@@H](c2cccc(C)c2)[C@@H]1C(N)=O. The minimum atomic E-state index is -0.619. The number of amides is 1. The Morgan fingerprint density at radius 1 is 1.50 bits per heavy atom. The van der Waals surface area contributed by atoms with Crippen LogP contribution in [0.5, 0.6) is 0 Å². The quantitative estimate of drug-likeness (QED) is 0.763. The molecule has 0 bridgehead atoms. The van der Waals surface area contributed by atoms with Gasteiger partial charge in [0.15, 0.2) is 5.82 Å². The van der Waals surface area contributed by atoms with Crippen molar-refractivity contribution in [3.05, 3.63) is 53.5 Å². The summed E-state index contributed by atoms with van der Waals surface area (Å²) in [4.78, 5) is 16.5. The van der Waals surface area contributed by atoms with Gasteiger partial charge in [0.05, 0.1) is 6.04 Å². The number of aryl methyl sites for hydroxylation is 2. The zero-order chi connectivity index (χ0) is 17.3. The molecule has 24 heavy (non-hydrogen) atoms. The molecule has 0 unspecified atom stereocenters. The van der Waals surface area contributed by atoms with Crippen molar-refractivity contribution in [1.82, 2.24) is 14.8 Å². The molecule has 7 heteroatoms. The Bertz CT molecular complexity index is 783. The average Bonchev–Trinajstić information content (AvgIpc) is 2.93. The summed E-state index contributed by atoms with van der Waals surface area (Å²) in [6, 6.07) is 7.51. The summed E-state index contributed by atoms with van der Waals surface area (Å²) in [6.07, 6.45) is 1.14. The van der Waals surface area contributed by atoms with Crippen molar-refractivity contribution in [1.29, 1.82) is 0 Å². The number of aliphatic hydroxyl groups excluding tert-OH is 1. The van der Waals surface area contributed by atoms with Gasteiger partial charge < -0.3 is 16.2 Å². The molecule has 3 rings (SSSR count). The monoisotopic (exact) mass is 327 g/mol. The molecule has 1 aromatic heterocycles. The topological polar surface area (TPSA) is 106 Å². The third-order valence-electron chi connectivity index (χ3n) is 4.15. The first kappa shape index (κ1) is 16.2. The highest BCUT2D eigenvalue weighted by Crippen LogP contribution is 2.37. The zero-order valence-electron chi connectivity index (χ0n) is 13.6. The minimum absolute atomic E-state index is 0.0786. The summed E-state index contributed by atoms with van der Waals surface area (Å²) in [5.74, 6) is 0.0721. The molecule has 7 nitrogen and oxygen atoms in total. The maximum atomic E-state index is 12.0. The van der Waals surface area contributed by atoms with Crippen LogP contribution in [0.15, 0.2) is 36.5 Å². The fourth-order valence-electron chi connectivity index (χ4n) is 3.06. The summed E-state index contributed by atoms with van der Waals surface area (Å²) in [5, 5.41) is 16.6. The first-order valence-electron chi connectivity index (χ1n) is 7.89. The van der Waals surface area contributed by atoms with Gasteiger partial charge in [-0.05, 0) is 18.9 Å². The van der Waals surface area contributed by atoms with E-state index in [4.69, 9.17) is 10.8 Å². The van der Waals surface area contributed by atoms with Gasteiger partial charge in [0.2, 0.25) is 11.9 Å². The van der Waals surface area contributed by atoms with Crippen LogP contribution in [0.4, 0.5) is 5.95 Å². The summed E-state index contributed by atoms with van der Waals surface area (Å²) in [6.45, 7) is 6.02. The van der Waals surface area contributed by atoms with Gasteiger partial charge in [0, 0.05) is 18.7 Å². The minimum Gasteiger partial charge on any atom is -0.396 e. The molecule has 0 fully saturated rings. The molecule has 1 aliphatic rings. The van der Waals surface area contributed by atoms with E-state index in [0.29, 0.717) is 30.3 Å². The number of hydrogen-bond donors (Lipinski definition) is 3. The van der Waals surface area contributed by atoms with E-state index in [1.165, 1.54) is 0 Å². The first-order chi connectivity index (χ1) is 11.5. The second-order valence-corrected chi connectivity index (χ2v) is 6.01. The normalized spacial score (nSPS) is 19.7. The van der Waals surface area contributed by atoms with Crippen LogP contribution in [0.2, 0.25) is 0 Å². The van der Waals surface area contributed by atoms with Crippen molar-refractivity contribution >= 4 is 11.9 Å². The van der Waals surface area contributed by atoms with Crippen molar-refractivity contribution in [3.63, 3.8) is 0 Å². The second-order valence-electron chi connectivity index (χ2n) is 6.01. The Balaban J connectivity index is 2.09. The standard InChI is InChI=1S/C17H21N5O2/c1-10-5-3-6-12(9-10)15-14(16(18)24)11(2)19-17-20-13(7-4-8-23)21-22(15)17/h3,5-6,9,14-15,23H,2,4,7-8H2,1H3,(H2,18,24)(H,19,20,21)/t14-,15+/m1/s1. The lowest BCUT2D eigenvalue weighted by Gasteiger charge is -2.32. The number of aliphatic hydroxyl groups is 1. The number of aromatic nitrogens is 3. The zero-order valence-corrected chi connectivity index (χ0v) is 13.6. The number of rotatable bonds is 5. The Hall–Kier alpha value is -2.67. The summed E-state index contributed by atoms with van der Waals surface area (Å²) < 4.78 is 1.70. The molecule has 126 valence electrons. The summed E-state index contributed by atoms with van der Waals surface area (Å²) in [5.41, 5.74) is 8.17. The van der Waals surface area contributed by atoms with E-state index in [0.717, 1.165) is 11.1 Å². The molecule has 1 amide bonds. The molecule has 0 aliphatic carbocycles. The third-order valence-corrected chi connectivity index (χ3v) is 4.15. The van der Waals surface area contributed by atoms with E-state index < -0.39 is 11.8 Å². The average molecular weight is 327 g/mol. The largest absolute Gasteiger partial charge is 0.396 e. The fourth-order valence-corrected chi connectivity index (χ4v) is 3.06. The molecular weight excluding hydrogens is 306 g/mol. The van der Waals surface area contributed by atoms with E-state index in [1.807, 2.05) is 31.2 Å². The number of carbonyl (C=O) groups is 1. The Morgan fingerprint density at radius 3 is 2.96 bits per heavy atom. The van der Waals surface area contributed by atoms with Crippen LogP contribution >= 0.6 is 0 Å². The van der Waals surface area contributed by atoms with Crippen LogP contribution in [-0.2, 0) is 11.2 Å². The van der Waals surface area contributed by atoms with Gasteiger partial charge in [0.1, 0.15) is 5.92 Å². The van der Waals surface area contributed by atoms with Gasteiger partial charge in [-0.25, -0.2) is 4.68 Å². The number of primary amides is 1. The van der Waals surface area contributed by atoms with Crippen LogP contribution in [-0.4, -0.2) is 32.4 Å². The number of carbonyl (C=O) groups excluding carboxylic acids is 1. The van der Waals surface area contributed by atoms with E-state index in [-0.39, 0.29) is 12.6 Å². The molecular formula is C17H21N5O2. The van der Waals surface area contributed by atoms with Crippen LogP contribution in [0.1, 0.15) is 29.4 Å². The van der Waals surface area contributed by atoms with Crippen LogP contribution < -0.4 is 11.1 Å². The highest BCUT2D eigenvalue weighted by Gasteiger charge is 2.38. The number of benzene rings is 1. The van der Waals surface area contributed by atoms with E-state index in [2.05, 4.69) is 22.0 Å². The lowest BCUT2D eigenvalue weighted by atomic mass is 9.88. The van der Waals surface area contributed by atoms with Crippen molar-refractivity contribution in [3.8, 4) is 0 Å². The van der Waals surface area contributed by atoms with Crippen molar-refractivity contribution in [2.75, 3.05) is 11.9 Å². The molecule has 2 heterocycles. The number of nitrogens with one attached hydrogen (secondary N) is 1. The molecule has 0 spiro atoms. The van der Waals surface area contributed by atoms with Gasteiger partial charge in [-0.1, -0.05) is 36.4 Å². The molecule has 2 aromatic rings. The molecule has 2 atom stereocenters. The number of hydrogen-bond acceptors (Lipinski definition) is 5. The van der Waals surface area contributed by atoms with Crippen LogP contribution in [0.25, 0.3) is 0 Å². The first-order valence-corrected chi connectivity index (χ1v) is 7.89. The summed E-state index contributed by atoms with van der Waals surface area (Å²) >= 11 is 0. The van der Waals surface area contributed by atoms with Gasteiger partial charge in [-0.15, -0.1) is 0 Å². The van der Waals surface area contributed by atoms with E-state index >= 15 is 0 Å². The van der Waals surface area contributed by atoms with Gasteiger partial charge in [0.25, 0.3) is 0 Å². The predicted molar refractivity (Wildman–Crippen MR) is 90.2 cm³/mol. The predicted octanol–water partition coefficient (Wildman–Crippen LogP) is 1.14. The van der Waals surface area contributed by atoms with Crippen molar-refractivity contribution in [2.24, 2.45) is 11.7 Å². The third kappa shape index (κ3) is 2.90. The van der Waals surface area contributed by atoms with Gasteiger partial charge in [-0.2, -0.15) is 10.1 Å². The molecule has 4 N–H and O–H groups in total. The molecule has 1 aliphatic heterocycles. The van der Waals surface area contributed by atoms with E-state index in [9.17, 15) is 4.79 Å². The van der Waals surface area contributed by atoms with Crippen molar-refractivity contribution < 1.29 is 9.90 Å².